The van der Waals surface area contributed by atoms with Gasteiger partial charge in [0.15, 0.2) is 0 Å². The average molecular weight is 410 g/mol. The van der Waals surface area contributed by atoms with Crippen molar-refractivity contribution in [2.45, 2.75) is 17.7 Å². The second-order valence-electron chi connectivity index (χ2n) is 6.05. The van der Waals surface area contributed by atoms with E-state index in [0.29, 0.717) is 13.1 Å². The molecule has 0 aliphatic carbocycles. The van der Waals surface area contributed by atoms with E-state index < -0.39 is 37.8 Å². The van der Waals surface area contributed by atoms with Gasteiger partial charge in [0.05, 0.1) is 21.6 Å². The van der Waals surface area contributed by atoms with E-state index in [9.17, 15) is 27.3 Å². The van der Waals surface area contributed by atoms with Gasteiger partial charge in [0, 0.05) is 19.2 Å². The summed E-state index contributed by atoms with van der Waals surface area (Å²) in [6.07, 6.45) is 2.33. The third-order valence-electron chi connectivity index (χ3n) is 4.25. The standard InChI is InChI=1S/C17H16F2N4O4S/c18-14-4-3-5-15(19)13(14)11-20-21-16-7-6-12(10-17(16)23(24)25)28(26,27)22-8-1-2-9-22/h3-7,10-11,21H,1-2,8-9H2. The Labute approximate surface area is 159 Å². The van der Waals surface area contributed by atoms with Gasteiger partial charge in [0.1, 0.15) is 17.3 Å². The number of nitrogens with one attached hydrogen (secondary N) is 1. The lowest BCUT2D eigenvalue weighted by molar-refractivity contribution is -0.384. The zero-order valence-corrected chi connectivity index (χ0v) is 15.3. The van der Waals surface area contributed by atoms with Gasteiger partial charge in [-0.1, -0.05) is 6.07 Å². The van der Waals surface area contributed by atoms with Gasteiger partial charge in [-0.25, -0.2) is 17.2 Å². The van der Waals surface area contributed by atoms with Crippen molar-refractivity contribution in [3.63, 3.8) is 0 Å². The molecule has 1 aliphatic heterocycles. The van der Waals surface area contributed by atoms with Crippen LogP contribution in [0.2, 0.25) is 0 Å². The third-order valence-corrected chi connectivity index (χ3v) is 6.14. The molecule has 2 aromatic carbocycles. The third kappa shape index (κ3) is 3.99. The Morgan fingerprint density at radius 1 is 1.14 bits per heavy atom. The van der Waals surface area contributed by atoms with Gasteiger partial charge in [0.25, 0.3) is 5.69 Å². The molecule has 0 saturated carbocycles. The first kappa shape index (κ1) is 19.8. The summed E-state index contributed by atoms with van der Waals surface area (Å²) in [6.45, 7) is 0.739. The Balaban J connectivity index is 1.88. The zero-order valence-electron chi connectivity index (χ0n) is 14.5. The molecule has 8 nitrogen and oxygen atoms in total. The van der Waals surface area contributed by atoms with Crippen LogP contribution < -0.4 is 5.43 Å². The Morgan fingerprint density at radius 2 is 1.79 bits per heavy atom. The van der Waals surface area contributed by atoms with E-state index in [1.807, 2.05) is 0 Å². The highest BCUT2D eigenvalue weighted by atomic mass is 32.2. The highest BCUT2D eigenvalue weighted by molar-refractivity contribution is 7.89. The number of rotatable bonds is 6. The fraction of sp³-hybridized carbons (Fsp3) is 0.235. The lowest BCUT2D eigenvalue weighted by atomic mass is 10.2. The second kappa shape index (κ2) is 7.98. The molecule has 0 unspecified atom stereocenters. The van der Waals surface area contributed by atoms with E-state index >= 15 is 0 Å². The molecular weight excluding hydrogens is 394 g/mol. The van der Waals surface area contributed by atoms with E-state index in [-0.39, 0.29) is 10.6 Å². The molecule has 0 radical (unpaired) electrons. The Bertz CT molecular complexity index is 1020. The highest BCUT2D eigenvalue weighted by Gasteiger charge is 2.29. The molecule has 0 aromatic heterocycles. The van der Waals surface area contributed by atoms with Crippen LogP contribution in [0.5, 0.6) is 0 Å². The van der Waals surface area contributed by atoms with E-state index in [2.05, 4.69) is 10.5 Å². The number of sulfonamides is 1. The first-order valence-corrected chi connectivity index (χ1v) is 9.76. The van der Waals surface area contributed by atoms with Gasteiger partial charge in [-0.05, 0) is 37.1 Å². The van der Waals surface area contributed by atoms with Crippen LogP contribution in [-0.4, -0.2) is 37.0 Å². The van der Waals surface area contributed by atoms with Gasteiger partial charge < -0.3 is 0 Å². The maximum absolute atomic E-state index is 13.6. The normalized spacial score (nSPS) is 15.2. The fourth-order valence-electron chi connectivity index (χ4n) is 2.80. The van der Waals surface area contributed by atoms with Crippen molar-refractivity contribution >= 4 is 27.6 Å². The molecule has 1 heterocycles. The monoisotopic (exact) mass is 410 g/mol. The van der Waals surface area contributed by atoms with E-state index in [0.717, 1.165) is 37.3 Å². The number of nitrogens with zero attached hydrogens (tertiary/aromatic N) is 3. The van der Waals surface area contributed by atoms with Gasteiger partial charge in [-0.3, -0.25) is 15.5 Å². The molecular formula is C17H16F2N4O4S. The molecule has 148 valence electrons. The molecule has 1 aliphatic rings. The summed E-state index contributed by atoms with van der Waals surface area (Å²) in [7, 11) is -3.82. The Morgan fingerprint density at radius 3 is 2.39 bits per heavy atom. The smallest absolute Gasteiger partial charge is 0.272 e. The van der Waals surface area contributed by atoms with Crippen molar-refractivity contribution in [1.82, 2.24) is 4.31 Å². The topological polar surface area (TPSA) is 105 Å². The number of nitro benzene ring substituents is 1. The van der Waals surface area contributed by atoms with Crippen molar-refractivity contribution in [2.75, 3.05) is 18.5 Å². The summed E-state index contributed by atoms with van der Waals surface area (Å²) >= 11 is 0. The quantitative estimate of drug-likeness (QED) is 0.448. The van der Waals surface area contributed by atoms with Gasteiger partial charge in [0.2, 0.25) is 10.0 Å². The number of hydrogen-bond donors (Lipinski definition) is 1. The fourth-order valence-corrected chi connectivity index (χ4v) is 4.33. The first-order chi connectivity index (χ1) is 13.3. The number of halogens is 2. The molecule has 1 fully saturated rings. The molecule has 0 atom stereocenters. The van der Waals surface area contributed by atoms with Crippen LogP contribution in [0.4, 0.5) is 20.2 Å². The van der Waals surface area contributed by atoms with E-state index in [1.54, 1.807) is 0 Å². The van der Waals surface area contributed by atoms with Gasteiger partial charge in [-0.2, -0.15) is 9.41 Å². The Kier molecular flexibility index (Phi) is 5.66. The first-order valence-electron chi connectivity index (χ1n) is 8.32. The average Bonchev–Trinajstić information content (AvgIpc) is 3.19. The minimum atomic E-state index is -3.82. The van der Waals surface area contributed by atoms with Crippen molar-refractivity contribution in [1.29, 1.82) is 0 Å². The number of hydrogen-bond acceptors (Lipinski definition) is 6. The van der Waals surface area contributed by atoms with Gasteiger partial charge >= 0.3 is 0 Å². The van der Waals surface area contributed by atoms with Crippen LogP contribution in [0.25, 0.3) is 0 Å². The van der Waals surface area contributed by atoms with Crippen LogP contribution in [0.1, 0.15) is 18.4 Å². The number of anilines is 1. The van der Waals surface area contributed by atoms with Crippen LogP contribution in [-0.2, 0) is 10.0 Å². The summed E-state index contributed by atoms with van der Waals surface area (Å²) < 4.78 is 53.6. The van der Waals surface area contributed by atoms with E-state index in [4.69, 9.17) is 0 Å². The van der Waals surface area contributed by atoms with Crippen molar-refractivity contribution in [3.8, 4) is 0 Å². The van der Waals surface area contributed by atoms with Crippen LogP contribution in [0.15, 0.2) is 46.4 Å². The SMILES string of the molecule is O=[N+]([O-])c1cc(S(=O)(=O)N2CCCC2)ccc1NN=Cc1c(F)cccc1F. The number of nitro groups is 1. The van der Waals surface area contributed by atoms with Crippen molar-refractivity contribution < 1.29 is 22.1 Å². The summed E-state index contributed by atoms with van der Waals surface area (Å²) in [4.78, 5) is 10.4. The predicted octanol–water partition coefficient (Wildman–Crippen LogP) is 3.10. The molecule has 11 heteroatoms. The lowest BCUT2D eigenvalue weighted by Gasteiger charge is -2.15. The maximum atomic E-state index is 13.6. The molecule has 0 amide bonds. The van der Waals surface area contributed by atoms with E-state index in [1.165, 1.54) is 22.5 Å². The number of benzene rings is 2. The van der Waals surface area contributed by atoms with Crippen molar-refractivity contribution in [2.24, 2.45) is 5.10 Å². The molecule has 1 saturated heterocycles. The highest BCUT2D eigenvalue weighted by Crippen LogP contribution is 2.30. The Hall–Kier alpha value is -2.92. The van der Waals surface area contributed by atoms with Crippen LogP contribution in [0.3, 0.4) is 0 Å². The summed E-state index contributed by atoms with van der Waals surface area (Å²) in [5, 5.41) is 15.0. The summed E-state index contributed by atoms with van der Waals surface area (Å²) in [5.74, 6) is -1.68. The van der Waals surface area contributed by atoms with Crippen LogP contribution in [0, 0.1) is 21.7 Å². The second-order valence-corrected chi connectivity index (χ2v) is 7.99. The molecule has 0 spiro atoms. The predicted molar refractivity (Wildman–Crippen MR) is 98.7 cm³/mol. The summed E-state index contributed by atoms with van der Waals surface area (Å²) in [5.41, 5.74) is 1.29. The van der Waals surface area contributed by atoms with Crippen molar-refractivity contribution in [3.05, 3.63) is 63.7 Å². The molecule has 2 aromatic rings. The summed E-state index contributed by atoms with van der Waals surface area (Å²) in [6, 6.07) is 6.64. The van der Waals surface area contributed by atoms with Gasteiger partial charge in [-0.15, -0.1) is 0 Å². The minimum absolute atomic E-state index is 0.113. The zero-order chi connectivity index (χ0) is 20.3. The number of hydrazone groups is 1. The molecule has 0 bridgehead atoms. The maximum Gasteiger partial charge on any atom is 0.295 e. The lowest BCUT2D eigenvalue weighted by Crippen LogP contribution is -2.27. The molecule has 3 rings (SSSR count). The minimum Gasteiger partial charge on any atom is -0.272 e. The van der Waals surface area contributed by atoms with Crippen LogP contribution >= 0.6 is 0 Å². The molecule has 28 heavy (non-hydrogen) atoms. The largest absolute Gasteiger partial charge is 0.295 e. The molecule has 1 N–H and O–H groups in total.